The third-order valence-corrected chi connectivity index (χ3v) is 1.01. The molecule has 1 unspecified atom stereocenters. The van der Waals surface area contributed by atoms with Crippen molar-refractivity contribution in [1.29, 1.82) is 0 Å². The van der Waals surface area contributed by atoms with Gasteiger partial charge in [0.2, 0.25) is 6.73 Å². The van der Waals surface area contributed by atoms with Crippen LogP contribution in [0.15, 0.2) is 0 Å². The van der Waals surface area contributed by atoms with Crippen LogP contribution < -0.4 is 0 Å². The summed E-state index contributed by atoms with van der Waals surface area (Å²) in [5.41, 5.74) is 0. The zero-order valence-electron chi connectivity index (χ0n) is 5.46. The molecule has 0 bridgehead atoms. The fraction of sp³-hybridized carbons (Fsp3) is 1.00. The largest absolute Gasteiger partial charge is 0.345 e. The molecule has 0 fully saturated rings. The third kappa shape index (κ3) is 2.96. The molecule has 0 aliphatic heterocycles. The van der Waals surface area contributed by atoms with Gasteiger partial charge in [-0.05, 0) is 6.42 Å². The fourth-order valence-corrected chi connectivity index (χ4v) is 0.552. The summed E-state index contributed by atoms with van der Waals surface area (Å²) in [7, 11) is 1.57. The fourth-order valence-electron chi connectivity index (χ4n) is 0.552. The van der Waals surface area contributed by atoms with Crippen LogP contribution in [-0.4, -0.2) is 35.3 Å². The summed E-state index contributed by atoms with van der Waals surface area (Å²) < 4.78 is -0.281. The minimum Gasteiger partial charge on any atom is -0.345 e. The van der Waals surface area contributed by atoms with Gasteiger partial charge < -0.3 is 5.11 Å². The van der Waals surface area contributed by atoms with E-state index in [9.17, 15) is 0 Å². The van der Waals surface area contributed by atoms with Crippen molar-refractivity contribution in [2.24, 2.45) is 0 Å². The highest BCUT2D eigenvalue weighted by molar-refractivity contribution is 4.18. The van der Waals surface area contributed by atoms with Gasteiger partial charge in [-0.3, -0.25) is 0 Å². The summed E-state index contributed by atoms with van der Waals surface area (Å²) in [5, 5.41) is 17.5. The second kappa shape index (κ2) is 3.02. The average Bonchev–Trinajstić information content (AvgIpc) is 1.67. The number of nitrogens with zero attached hydrogens (tertiary/aromatic N) is 1. The lowest BCUT2D eigenvalue weighted by molar-refractivity contribution is -1.10. The molecule has 0 saturated heterocycles. The third-order valence-electron chi connectivity index (χ3n) is 1.01. The molecule has 2 N–H and O–H groups in total. The summed E-state index contributed by atoms with van der Waals surface area (Å²) in [5.74, 6) is 0. The Morgan fingerprint density at radius 2 is 2.00 bits per heavy atom. The Kier molecular flexibility index (Phi) is 2.97. The van der Waals surface area contributed by atoms with Gasteiger partial charge in [0.05, 0.1) is 0 Å². The standard InChI is InChI=1S/C5H14NO2/c1-3-4-6(2,8)5-7/h7-8H,3-5H2,1-2H3/q+1. The maximum Gasteiger partial charge on any atom is 0.210 e. The van der Waals surface area contributed by atoms with Crippen molar-refractivity contribution in [3.63, 3.8) is 0 Å². The molecule has 0 spiro atoms. The minimum absolute atomic E-state index is 0.201. The lowest BCUT2D eigenvalue weighted by Crippen LogP contribution is -2.41. The first kappa shape index (κ1) is 7.88. The maximum atomic E-state index is 9.01. The van der Waals surface area contributed by atoms with Crippen LogP contribution in [0.25, 0.3) is 0 Å². The van der Waals surface area contributed by atoms with Gasteiger partial charge in [-0.1, -0.05) is 6.92 Å². The first-order valence-corrected chi connectivity index (χ1v) is 2.80. The van der Waals surface area contributed by atoms with Crippen molar-refractivity contribution in [3.05, 3.63) is 0 Å². The van der Waals surface area contributed by atoms with Crippen molar-refractivity contribution in [2.45, 2.75) is 13.3 Å². The summed E-state index contributed by atoms with van der Waals surface area (Å²) >= 11 is 0. The highest BCUT2D eigenvalue weighted by Crippen LogP contribution is 1.93. The molecule has 0 saturated carbocycles. The molecule has 1 atom stereocenters. The molecule has 0 aromatic rings. The van der Waals surface area contributed by atoms with Crippen molar-refractivity contribution < 1.29 is 15.0 Å². The predicted octanol–water partition coefficient (Wildman–Crippen LogP) is 0.182. The van der Waals surface area contributed by atoms with Gasteiger partial charge in [-0.2, -0.15) is 4.65 Å². The molecule has 3 nitrogen and oxygen atoms in total. The highest BCUT2D eigenvalue weighted by atomic mass is 16.6. The Balaban J connectivity index is 3.37. The van der Waals surface area contributed by atoms with Crippen LogP contribution in [0.5, 0.6) is 0 Å². The van der Waals surface area contributed by atoms with Gasteiger partial charge in [0.15, 0.2) is 0 Å². The molecule has 3 heteroatoms. The second-order valence-electron chi connectivity index (χ2n) is 2.20. The Morgan fingerprint density at radius 1 is 1.50 bits per heavy atom. The number of hydrogen-bond donors (Lipinski definition) is 2. The quantitative estimate of drug-likeness (QED) is 0.317. The van der Waals surface area contributed by atoms with Crippen molar-refractivity contribution >= 4 is 0 Å². The van der Waals surface area contributed by atoms with E-state index >= 15 is 0 Å². The van der Waals surface area contributed by atoms with Gasteiger partial charge in [-0.25, -0.2) is 5.21 Å². The Morgan fingerprint density at radius 3 is 2.12 bits per heavy atom. The zero-order valence-corrected chi connectivity index (χ0v) is 5.46. The molecule has 0 aliphatic rings. The van der Waals surface area contributed by atoms with E-state index in [4.69, 9.17) is 10.3 Å². The number of hydrogen-bond acceptors (Lipinski definition) is 2. The van der Waals surface area contributed by atoms with E-state index in [1.165, 1.54) is 0 Å². The molecule has 0 rings (SSSR count). The smallest absolute Gasteiger partial charge is 0.210 e. The molecule has 0 radical (unpaired) electrons. The van der Waals surface area contributed by atoms with E-state index in [0.717, 1.165) is 6.42 Å². The normalized spacial score (nSPS) is 18.0. The minimum atomic E-state index is -0.281. The van der Waals surface area contributed by atoms with Gasteiger partial charge in [-0.15, -0.1) is 0 Å². The summed E-state index contributed by atoms with van der Waals surface area (Å²) in [6.45, 7) is 2.37. The topological polar surface area (TPSA) is 40.5 Å². The molecule has 0 aromatic heterocycles. The van der Waals surface area contributed by atoms with Gasteiger partial charge in [0.25, 0.3) is 0 Å². The maximum absolute atomic E-state index is 9.01. The summed E-state index contributed by atoms with van der Waals surface area (Å²) in [6, 6.07) is 0. The second-order valence-corrected chi connectivity index (χ2v) is 2.20. The van der Waals surface area contributed by atoms with Crippen LogP contribution in [0.2, 0.25) is 0 Å². The molecule has 50 valence electrons. The van der Waals surface area contributed by atoms with Crippen molar-refractivity contribution in [2.75, 3.05) is 20.3 Å². The monoisotopic (exact) mass is 120 g/mol. The SMILES string of the molecule is CCC[N+](C)(O)CO. The van der Waals surface area contributed by atoms with E-state index < -0.39 is 0 Å². The van der Waals surface area contributed by atoms with E-state index in [1.54, 1.807) is 7.05 Å². The number of quaternary nitrogens is 1. The Labute approximate surface area is 49.7 Å². The number of aliphatic hydroxyl groups is 1. The van der Waals surface area contributed by atoms with Crippen molar-refractivity contribution in [3.8, 4) is 0 Å². The lowest BCUT2D eigenvalue weighted by atomic mass is 10.4. The van der Waals surface area contributed by atoms with Crippen LogP contribution in [0, 0.1) is 0 Å². The van der Waals surface area contributed by atoms with E-state index in [-0.39, 0.29) is 11.4 Å². The van der Waals surface area contributed by atoms with Crippen LogP contribution in [0.1, 0.15) is 13.3 Å². The molecule has 0 heterocycles. The van der Waals surface area contributed by atoms with E-state index in [1.807, 2.05) is 6.92 Å². The summed E-state index contributed by atoms with van der Waals surface area (Å²) in [6.07, 6.45) is 0.883. The van der Waals surface area contributed by atoms with E-state index in [2.05, 4.69) is 0 Å². The molecule has 0 amide bonds. The van der Waals surface area contributed by atoms with E-state index in [0.29, 0.717) is 6.54 Å². The Hall–Kier alpha value is -0.120. The van der Waals surface area contributed by atoms with Crippen LogP contribution in [0.3, 0.4) is 0 Å². The molecule has 0 aromatic carbocycles. The van der Waals surface area contributed by atoms with Gasteiger partial charge in [0, 0.05) is 0 Å². The van der Waals surface area contributed by atoms with Crippen LogP contribution >= 0.6 is 0 Å². The highest BCUT2D eigenvalue weighted by Gasteiger charge is 2.13. The number of hydroxylamine groups is 3. The van der Waals surface area contributed by atoms with Crippen LogP contribution in [0.4, 0.5) is 0 Å². The molecular formula is C5H14NO2+. The molecular weight excluding hydrogens is 106 g/mol. The number of aliphatic hydroxyl groups excluding tert-OH is 1. The molecule has 8 heavy (non-hydrogen) atoms. The first-order valence-electron chi connectivity index (χ1n) is 2.80. The zero-order chi connectivity index (χ0) is 6.62. The Bertz CT molecular complexity index is 63.4. The molecule has 0 aliphatic carbocycles. The lowest BCUT2D eigenvalue weighted by Gasteiger charge is -2.20. The first-order chi connectivity index (χ1) is 3.62. The van der Waals surface area contributed by atoms with Gasteiger partial charge >= 0.3 is 0 Å². The van der Waals surface area contributed by atoms with Crippen LogP contribution in [-0.2, 0) is 0 Å². The summed E-state index contributed by atoms with van der Waals surface area (Å²) in [4.78, 5) is 0. The van der Waals surface area contributed by atoms with Crippen molar-refractivity contribution in [1.82, 2.24) is 0 Å². The van der Waals surface area contributed by atoms with Gasteiger partial charge in [0.1, 0.15) is 13.6 Å². The predicted molar refractivity (Wildman–Crippen MR) is 30.2 cm³/mol. The number of rotatable bonds is 3. The average molecular weight is 120 g/mol.